The minimum Gasteiger partial charge on any atom is -0.478 e. The molecule has 2 heterocycles. The van der Waals surface area contributed by atoms with E-state index in [0.717, 1.165) is 18.4 Å². The molecule has 0 amide bonds. The van der Waals surface area contributed by atoms with Crippen LogP contribution in [-0.2, 0) is 0 Å². The van der Waals surface area contributed by atoms with Gasteiger partial charge in [0.15, 0.2) is 0 Å². The number of carboxylic acids is 1. The summed E-state index contributed by atoms with van der Waals surface area (Å²) >= 11 is 0. The maximum atomic E-state index is 11.3. The highest BCUT2D eigenvalue weighted by Crippen LogP contribution is 2.41. The Balaban J connectivity index is 2.33. The molecule has 1 N–H and O–H groups in total. The van der Waals surface area contributed by atoms with Crippen LogP contribution in [-0.4, -0.2) is 25.9 Å². The van der Waals surface area contributed by atoms with E-state index in [0.29, 0.717) is 22.7 Å². The van der Waals surface area contributed by atoms with E-state index in [2.05, 4.69) is 10.2 Å². The van der Waals surface area contributed by atoms with E-state index < -0.39 is 5.97 Å². The summed E-state index contributed by atoms with van der Waals surface area (Å²) < 4.78 is 1.42. The van der Waals surface area contributed by atoms with Crippen LogP contribution in [0.1, 0.15) is 40.4 Å². The number of carboxylic acid groups (broad SMARTS) is 1. The summed E-state index contributed by atoms with van der Waals surface area (Å²) in [6, 6.07) is 1.81. The van der Waals surface area contributed by atoms with Gasteiger partial charge in [-0.25, -0.2) is 4.79 Å². The molecule has 0 spiro atoms. The van der Waals surface area contributed by atoms with Crippen LogP contribution in [0.15, 0.2) is 12.3 Å². The van der Waals surface area contributed by atoms with Gasteiger partial charge in [0.2, 0.25) is 0 Å². The van der Waals surface area contributed by atoms with E-state index in [1.54, 1.807) is 6.20 Å². The van der Waals surface area contributed by atoms with Gasteiger partial charge in [-0.1, -0.05) is 0 Å². The first kappa shape index (κ1) is 9.33. The number of aryl methyl sites for hydroxylation is 1. The van der Waals surface area contributed by atoms with Crippen molar-refractivity contribution in [3.63, 3.8) is 0 Å². The molecule has 0 radical (unpaired) electrons. The summed E-state index contributed by atoms with van der Waals surface area (Å²) in [5.74, 6) is -0.600. The van der Waals surface area contributed by atoms with Crippen LogP contribution in [0.25, 0.3) is 5.52 Å². The average molecular weight is 217 g/mol. The lowest BCUT2D eigenvalue weighted by Crippen LogP contribution is -1.99. The quantitative estimate of drug-likeness (QED) is 0.829. The molecule has 82 valence electrons. The zero-order chi connectivity index (χ0) is 11.3. The summed E-state index contributed by atoms with van der Waals surface area (Å²) in [4.78, 5) is 11.3. The Morgan fingerprint density at radius 2 is 2.31 bits per heavy atom. The van der Waals surface area contributed by atoms with Crippen LogP contribution in [0.5, 0.6) is 0 Å². The maximum Gasteiger partial charge on any atom is 0.339 e. The highest BCUT2D eigenvalue weighted by atomic mass is 16.4. The minimum atomic E-state index is -0.913. The van der Waals surface area contributed by atoms with E-state index in [9.17, 15) is 9.90 Å². The van der Waals surface area contributed by atoms with Crippen molar-refractivity contribution in [3.05, 3.63) is 29.1 Å². The fraction of sp³-hybridized carbons (Fsp3) is 0.364. The molecule has 16 heavy (non-hydrogen) atoms. The Kier molecular flexibility index (Phi) is 1.77. The van der Waals surface area contributed by atoms with Crippen molar-refractivity contribution < 1.29 is 9.90 Å². The molecule has 0 saturated heterocycles. The van der Waals surface area contributed by atoms with Gasteiger partial charge < -0.3 is 5.11 Å². The molecule has 2 aromatic heterocycles. The summed E-state index contributed by atoms with van der Waals surface area (Å²) in [7, 11) is 0. The van der Waals surface area contributed by atoms with Gasteiger partial charge in [-0.15, -0.1) is 0 Å². The number of hydrogen-bond donors (Lipinski definition) is 1. The zero-order valence-electron chi connectivity index (χ0n) is 8.84. The van der Waals surface area contributed by atoms with Gasteiger partial charge in [0.05, 0.1) is 11.9 Å². The van der Waals surface area contributed by atoms with E-state index in [-0.39, 0.29) is 0 Å². The third-order valence-corrected chi connectivity index (χ3v) is 2.84. The molecular weight excluding hydrogens is 206 g/mol. The van der Waals surface area contributed by atoms with E-state index in [1.807, 2.05) is 13.0 Å². The lowest BCUT2D eigenvalue weighted by Gasteiger charge is -1.95. The predicted octanol–water partition coefficient (Wildman–Crippen LogP) is 1.61. The van der Waals surface area contributed by atoms with Gasteiger partial charge in [-0.05, 0) is 31.4 Å². The number of carbonyl (C=O) groups is 1. The average Bonchev–Trinajstić information content (AvgIpc) is 2.99. The van der Waals surface area contributed by atoms with Gasteiger partial charge in [0, 0.05) is 5.92 Å². The van der Waals surface area contributed by atoms with Crippen molar-refractivity contribution in [1.29, 1.82) is 0 Å². The summed E-state index contributed by atoms with van der Waals surface area (Å²) in [6.07, 6.45) is 3.74. The third kappa shape index (κ3) is 1.28. The van der Waals surface area contributed by atoms with Gasteiger partial charge >= 0.3 is 5.97 Å². The Morgan fingerprint density at radius 1 is 1.56 bits per heavy atom. The normalized spacial score (nSPS) is 15.6. The van der Waals surface area contributed by atoms with Crippen LogP contribution < -0.4 is 0 Å². The number of aromatic nitrogens is 3. The number of aromatic carboxylic acids is 1. The van der Waals surface area contributed by atoms with Crippen LogP contribution in [0.4, 0.5) is 0 Å². The van der Waals surface area contributed by atoms with E-state index in [1.165, 1.54) is 4.63 Å². The van der Waals surface area contributed by atoms with Gasteiger partial charge in [-0.3, -0.25) is 0 Å². The smallest absolute Gasteiger partial charge is 0.339 e. The van der Waals surface area contributed by atoms with E-state index >= 15 is 0 Å². The molecule has 0 bridgehead atoms. The molecule has 5 nitrogen and oxygen atoms in total. The number of fused-ring (bicyclic) bond motifs is 1. The van der Waals surface area contributed by atoms with Crippen molar-refractivity contribution in [2.24, 2.45) is 0 Å². The van der Waals surface area contributed by atoms with Crippen LogP contribution in [0.2, 0.25) is 0 Å². The molecule has 1 aliphatic rings. The molecule has 2 aromatic rings. The first-order chi connectivity index (χ1) is 7.66. The Hall–Kier alpha value is -1.91. The molecule has 3 rings (SSSR count). The highest BCUT2D eigenvalue weighted by molar-refractivity contribution is 5.97. The lowest BCUT2D eigenvalue weighted by molar-refractivity contribution is 0.0697. The lowest BCUT2D eigenvalue weighted by atomic mass is 10.1. The molecule has 0 atom stereocenters. The Bertz CT molecular complexity index is 584. The fourth-order valence-electron chi connectivity index (χ4n) is 1.92. The summed E-state index contributed by atoms with van der Waals surface area (Å²) in [5.41, 5.74) is 2.54. The van der Waals surface area contributed by atoms with Crippen molar-refractivity contribution in [3.8, 4) is 0 Å². The number of hydrogen-bond acceptors (Lipinski definition) is 3. The second-order valence-corrected chi connectivity index (χ2v) is 4.25. The largest absolute Gasteiger partial charge is 0.478 e. The van der Waals surface area contributed by atoms with Gasteiger partial charge in [0.1, 0.15) is 11.1 Å². The Labute approximate surface area is 91.7 Å². The SMILES string of the molecule is Cc1cnn2nc(C3CC3)c(C(=O)O)c2c1. The van der Waals surface area contributed by atoms with Gasteiger partial charge in [-0.2, -0.15) is 14.8 Å². The second-order valence-electron chi connectivity index (χ2n) is 4.25. The monoisotopic (exact) mass is 217 g/mol. The molecule has 0 aliphatic heterocycles. The topological polar surface area (TPSA) is 67.5 Å². The van der Waals surface area contributed by atoms with Crippen molar-refractivity contribution in [2.75, 3.05) is 0 Å². The van der Waals surface area contributed by atoms with Crippen LogP contribution >= 0.6 is 0 Å². The predicted molar refractivity (Wildman–Crippen MR) is 56.7 cm³/mol. The Morgan fingerprint density at radius 3 is 2.94 bits per heavy atom. The van der Waals surface area contributed by atoms with Crippen LogP contribution in [0, 0.1) is 6.92 Å². The van der Waals surface area contributed by atoms with Crippen molar-refractivity contribution in [1.82, 2.24) is 14.8 Å². The molecule has 1 fully saturated rings. The molecule has 0 unspecified atom stereocenters. The van der Waals surface area contributed by atoms with E-state index in [4.69, 9.17) is 0 Å². The highest BCUT2D eigenvalue weighted by Gasteiger charge is 2.33. The van der Waals surface area contributed by atoms with Gasteiger partial charge in [0.25, 0.3) is 0 Å². The van der Waals surface area contributed by atoms with Crippen LogP contribution in [0.3, 0.4) is 0 Å². The third-order valence-electron chi connectivity index (χ3n) is 2.84. The maximum absolute atomic E-state index is 11.3. The first-order valence-electron chi connectivity index (χ1n) is 5.25. The molecule has 1 saturated carbocycles. The summed E-state index contributed by atoms with van der Waals surface area (Å²) in [6.45, 7) is 1.89. The standard InChI is InChI=1S/C11H11N3O2/c1-6-4-8-9(11(15)16)10(7-2-3-7)13-14(8)12-5-6/h4-5,7H,2-3H2,1H3,(H,15,16). The molecule has 0 aromatic carbocycles. The molecule has 5 heteroatoms. The minimum absolute atomic E-state index is 0.313. The summed E-state index contributed by atoms with van der Waals surface area (Å²) in [5, 5.41) is 17.6. The second kappa shape index (κ2) is 3.04. The number of nitrogens with zero attached hydrogens (tertiary/aromatic N) is 3. The zero-order valence-corrected chi connectivity index (χ0v) is 8.84. The molecular formula is C11H11N3O2. The molecule has 1 aliphatic carbocycles. The first-order valence-corrected chi connectivity index (χ1v) is 5.25. The van der Waals surface area contributed by atoms with Crippen molar-refractivity contribution in [2.45, 2.75) is 25.7 Å². The number of rotatable bonds is 2. The fourth-order valence-corrected chi connectivity index (χ4v) is 1.92. The van der Waals surface area contributed by atoms with Crippen molar-refractivity contribution >= 4 is 11.5 Å².